The standard InChI is InChI=1S/C27H19N/c1-2-9-20(10-3-1)28-17-25-22-12-5-4-11-21(22)23-15-13-18-7-6-8-19-14-16-24(25)27(23)26(18)19/h1-16,28H,17H2. The first-order valence-electron chi connectivity index (χ1n) is 9.76. The van der Waals surface area contributed by atoms with Gasteiger partial charge in [-0.05, 0) is 60.8 Å². The highest BCUT2D eigenvalue weighted by atomic mass is 14.9. The maximum absolute atomic E-state index is 3.63. The van der Waals surface area contributed by atoms with Gasteiger partial charge in [0.05, 0.1) is 0 Å². The van der Waals surface area contributed by atoms with E-state index in [1.807, 2.05) is 0 Å². The van der Waals surface area contributed by atoms with Gasteiger partial charge in [-0.15, -0.1) is 0 Å². The molecule has 132 valence electrons. The molecule has 1 N–H and O–H groups in total. The fraction of sp³-hybridized carbons (Fsp3) is 0.0370. The van der Waals surface area contributed by atoms with Gasteiger partial charge in [-0.1, -0.05) is 84.9 Å². The van der Waals surface area contributed by atoms with Crippen molar-refractivity contribution in [2.24, 2.45) is 0 Å². The summed E-state index contributed by atoms with van der Waals surface area (Å²) in [5.41, 5.74) is 2.52. The summed E-state index contributed by atoms with van der Waals surface area (Å²) in [6.45, 7) is 0.804. The number of nitrogens with one attached hydrogen (secondary N) is 1. The van der Waals surface area contributed by atoms with Crippen molar-refractivity contribution in [3.05, 3.63) is 103 Å². The summed E-state index contributed by atoms with van der Waals surface area (Å²) in [5, 5.41) is 14.4. The zero-order chi connectivity index (χ0) is 18.5. The molecular weight excluding hydrogens is 338 g/mol. The van der Waals surface area contributed by atoms with Crippen molar-refractivity contribution in [1.29, 1.82) is 0 Å². The number of para-hydroxylation sites is 1. The van der Waals surface area contributed by atoms with Gasteiger partial charge in [0.2, 0.25) is 0 Å². The van der Waals surface area contributed by atoms with E-state index in [4.69, 9.17) is 0 Å². The number of hydrogen-bond donors (Lipinski definition) is 1. The van der Waals surface area contributed by atoms with E-state index in [-0.39, 0.29) is 0 Å². The Hall–Kier alpha value is -3.58. The molecular formula is C27H19N. The van der Waals surface area contributed by atoms with Gasteiger partial charge >= 0.3 is 0 Å². The molecule has 0 aliphatic carbocycles. The van der Waals surface area contributed by atoms with Gasteiger partial charge in [-0.25, -0.2) is 0 Å². The summed E-state index contributed by atoms with van der Waals surface area (Å²) >= 11 is 0. The van der Waals surface area contributed by atoms with E-state index in [0.717, 1.165) is 12.2 Å². The van der Waals surface area contributed by atoms with E-state index in [1.54, 1.807) is 0 Å². The average Bonchev–Trinajstić information content (AvgIpc) is 2.77. The second-order valence-electron chi connectivity index (χ2n) is 7.42. The second kappa shape index (κ2) is 5.97. The highest BCUT2D eigenvalue weighted by Gasteiger charge is 2.15. The lowest BCUT2D eigenvalue weighted by Gasteiger charge is -2.18. The molecule has 0 saturated heterocycles. The van der Waals surface area contributed by atoms with Crippen LogP contribution in [0.5, 0.6) is 0 Å². The van der Waals surface area contributed by atoms with Gasteiger partial charge in [0.25, 0.3) is 0 Å². The van der Waals surface area contributed by atoms with Crippen LogP contribution in [0.3, 0.4) is 0 Å². The van der Waals surface area contributed by atoms with E-state index in [0.29, 0.717) is 0 Å². The molecule has 0 aliphatic rings. The van der Waals surface area contributed by atoms with Crippen LogP contribution < -0.4 is 5.32 Å². The molecule has 6 aromatic rings. The van der Waals surface area contributed by atoms with Crippen LogP contribution >= 0.6 is 0 Å². The Morgan fingerprint density at radius 3 is 1.93 bits per heavy atom. The van der Waals surface area contributed by atoms with Crippen molar-refractivity contribution in [3.63, 3.8) is 0 Å². The van der Waals surface area contributed by atoms with Gasteiger partial charge < -0.3 is 5.32 Å². The van der Waals surface area contributed by atoms with Crippen molar-refractivity contribution in [2.45, 2.75) is 6.54 Å². The first kappa shape index (κ1) is 15.5. The molecule has 0 unspecified atom stereocenters. The zero-order valence-corrected chi connectivity index (χ0v) is 15.4. The summed E-state index contributed by atoms with van der Waals surface area (Å²) < 4.78 is 0. The molecule has 0 radical (unpaired) electrons. The van der Waals surface area contributed by atoms with E-state index in [1.165, 1.54) is 48.7 Å². The lowest BCUT2D eigenvalue weighted by Crippen LogP contribution is -2.02. The molecule has 6 rings (SSSR count). The second-order valence-corrected chi connectivity index (χ2v) is 7.42. The predicted octanol–water partition coefficient (Wildman–Crippen LogP) is 7.35. The average molecular weight is 357 g/mol. The van der Waals surface area contributed by atoms with Gasteiger partial charge in [0.1, 0.15) is 0 Å². The topological polar surface area (TPSA) is 12.0 Å². The van der Waals surface area contributed by atoms with Gasteiger partial charge in [0, 0.05) is 12.2 Å². The quantitative estimate of drug-likeness (QED) is 0.258. The third kappa shape index (κ3) is 2.20. The van der Waals surface area contributed by atoms with Crippen molar-refractivity contribution in [2.75, 3.05) is 5.32 Å². The Morgan fingerprint density at radius 1 is 0.464 bits per heavy atom. The molecule has 0 saturated carbocycles. The van der Waals surface area contributed by atoms with Crippen LogP contribution in [-0.4, -0.2) is 0 Å². The Balaban J connectivity index is 1.71. The van der Waals surface area contributed by atoms with E-state index < -0.39 is 0 Å². The smallest absolute Gasteiger partial charge is 0.0413 e. The van der Waals surface area contributed by atoms with Gasteiger partial charge in [-0.3, -0.25) is 0 Å². The van der Waals surface area contributed by atoms with Crippen LogP contribution in [0, 0.1) is 0 Å². The number of benzene rings is 6. The Kier molecular flexibility index (Phi) is 3.30. The SMILES string of the molecule is c1ccc(NCc2c3ccccc3c3ccc4cccc5ccc2c3c54)cc1. The lowest BCUT2D eigenvalue weighted by molar-refractivity contribution is 1.19. The first-order valence-corrected chi connectivity index (χ1v) is 9.76. The predicted molar refractivity (Wildman–Crippen MR) is 121 cm³/mol. The molecule has 0 aliphatic heterocycles. The summed E-state index contributed by atoms with van der Waals surface area (Å²) in [6, 6.07) is 35.0. The van der Waals surface area contributed by atoms with Crippen LogP contribution in [-0.2, 0) is 6.54 Å². The maximum Gasteiger partial charge on any atom is 0.0413 e. The van der Waals surface area contributed by atoms with Crippen molar-refractivity contribution < 1.29 is 0 Å². The van der Waals surface area contributed by atoms with Crippen LogP contribution in [0.1, 0.15) is 5.56 Å². The molecule has 0 fully saturated rings. The van der Waals surface area contributed by atoms with E-state index in [9.17, 15) is 0 Å². The summed E-state index contributed by atoms with van der Waals surface area (Å²) in [4.78, 5) is 0. The van der Waals surface area contributed by atoms with Crippen LogP contribution in [0.15, 0.2) is 97.1 Å². The fourth-order valence-corrected chi connectivity index (χ4v) is 4.62. The van der Waals surface area contributed by atoms with Crippen molar-refractivity contribution in [3.8, 4) is 0 Å². The molecule has 1 heteroatoms. The summed E-state index contributed by atoms with van der Waals surface area (Å²) in [7, 11) is 0. The summed E-state index contributed by atoms with van der Waals surface area (Å²) in [6.07, 6.45) is 0. The monoisotopic (exact) mass is 357 g/mol. The van der Waals surface area contributed by atoms with E-state index in [2.05, 4.69) is 102 Å². The largest absolute Gasteiger partial charge is 0.381 e. The molecule has 0 amide bonds. The Bertz CT molecular complexity index is 1430. The third-order valence-corrected chi connectivity index (χ3v) is 5.89. The third-order valence-electron chi connectivity index (χ3n) is 5.89. The minimum absolute atomic E-state index is 0.804. The highest BCUT2D eigenvalue weighted by Crippen LogP contribution is 2.41. The number of rotatable bonds is 3. The van der Waals surface area contributed by atoms with Crippen molar-refractivity contribution in [1.82, 2.24) is 0 Å². The molecule has 0 atom stereocenters. The molecule has 6 aromatic carbocycles. The molecule has 0 aromatic heterocycles. The zero-order valence-electron chi connectivity index (χ0n) is 15.4. The van der Waals surface area contributed by atoms with Crippen molar-refractivity contribution >= 4 is 48.8 Å². The minimum atomic E-state index is 0.804. The molecule has 0 heterocycles. The number of anilines is 1. The normalized spacial score (nSPS) is 11.7. The van der Waals surface area contributed by atoms with Crippen LogP contribution in [0.2, 0.25) is 0 Å². The van der Waals surface area contributed by atoms with Crippen LogP contribution in [0.25, 0.3) is 43.1 Å². The summed E-state index contributed by atoms with van der Waals surface area (Å²) in [5.74, 6) is 0. The first-order chi connectivity index (χ1) is 13.9. The Labute approximate surface area is 163 Å². The highest BCUT2D eigenvalue weighted by molar-refractivity contribution is 6.30. The minimum Gasteiger partial charge on any atom is -0.381 e. The fourth-order valence-electron chi connectivity index (χ4n) is 4.62. The van der Waals surface area contributed by atoms with Crippen LogP contribution in [0.4, 0.5) is 5.69 Å². The molecule has 0 spiro atoms. The number of fused-ring (bicyclic) bond motifs is 2. The molecule has 1 nitrogen and oxygen atoms in total. The van der Waals surface area contributed by atoms with Gasteiger partial charge in [0.15, 0.2) is 0 Å². The molecule has 28 heavy (non-hydrogen) atoms. The van der Waals surface area contributed by atoms with Gasteiger partial charge in [-0.2, -0.15) is 0 Å². The Morgan fingerprint density at radius 2 is 1.14 bits per heavy atom. The van der Waals surface area contributed by atoms with E-state index >= 15 is 0 Å². The number of hydrogen-bond acceptors (Lipinski definition) is 1. The molecule has 0 bridgehead atoms. The lowest BCUT2D eigenvalue weighted by atomic mass is 9.88. The maximum atomic E-state index is 3.63.